The molecule has 3 rings (SSSR count). The molecule has 0 unspecified atom stereocenters. The molecule has 1 aromatic carbocycles. The lowest BCUT2D eigenvalue weighted by molar-refractivity contribution is 0.957. The van der Waals surface area contributed by atoms with Crippen molar-refractivity contribution in [2.75, 3.05) is 16.9 Å². The highest BCUT2D eigenvalue weighted by Crippen LogP contribution is 2.36. The maximum Gasteiger partial charge on any atom is 0.239 e. The molecule has 3 N–H and O–H groups in total. The van der Waals surface area contributed by atoms with Gasteiger partial charge < -0.3 is 4.90 Å². The number of para-hydroxylation sites is 1. The van der Waals surface area contributed by atoms with Crippen LogP contribution in [0.3, 0.4) is 0 Å². The zero-order chi connectivity index (χ0) is 12.5. The van der Waals surface area contributed by atoms with Crippen molar-refractivity contribution >= 4 is 33.4 Å². The first-order valence-corrected chi connectivity index (χ1v) is 6.43. The average molecular weight is 306 g/mol. The number of nitrogen functional groups attached to an aromatic ring is 1. The Kier molecular flexibility index (Phi) is 2.89. The Hall–Kier alpha value is -1.66. The molecule has 0 bridgehead atoms. The molecule has 6 heteroatoms. The average Bonchev–Trinajstić information content (AvgIpc) is 2.83. The SMILES string of the molecule is NNc1ncc(Br)c(N2CCc3ccccc32)n1. The van der Waals surface area contributed by atoms with Crippen LogP contribution < -0.4 is 16.2 Å². The van der Waals surface area contributed by atoms with Crippen molar-refractivity contribution in [1.29, 1.82) is 0 Å². The molecular weight excluding hydrogens is 294 g/mol. The zero-order valence-electron chi connectivity index (χ0n) is 9.60. The number of nitrogens with two attached hydrogens (primary N) is 1. The summed E-state index contributed by atoms with van der Waals surface area (Å²) in [6, 6.07) is 8.34. The first kappa shape index (κ1) is 11.4. The number of nitrogens with zero attached hydrogens (tertiary/aromatic N) is 3. The van der Waals surface area contributed by atoms with E-state index in [1.807, 2.05) is 6.07 Å². The van der Waals surface area contributed by atoms with Gasteiger partial charge in [0.25, 0.3) is 0 Å². The van der Waals surface area contributed by atoms with Gasteiger partial charge in [-0.2, -0.15) is 4.98 Å². The van der Waals surface area contributed by atoms with E-state index in [4.69, 9.17) is 5.84 Å². The fourth-order valence-corrected chi connectivity index (χ4v) is 2.58. The molecule has 1 aromatic heterocycles. The van der Waals surface area contributed by atoms with Gasteiger partial charge in [0.1, 0.15) is 0 Å². The highest BCUT2D eigenvalue weighted by molar-refractivity contribution is 9.10. The quantitative estimate of drug-likeness (QED) is 0.658. The second-order valence-corrected chi connectivity index (χ2v) is 4.89. The van der Waals surface area contributed by atoms with Crippen molar-refractivity contribution < 1.29 is 0 Å². The number of nitrogens with one attached hydrogen (secondary N) is 1. The van der Waals surface area contributed by atoms with Crippen molar-refractivity contribution in [2.24, 2.45) is 5.84 Å². The Labute approximate surface area is 113 Å². The molecule has 0 fully saturated rings. The van der Waals surface area contributed by atoms with Crippen LogP contribution in [0.2, 0.25) is 0 Å². The van der Waals surface area contributed by atoms with Gasteiger partial charge in [-0.1, -0.05) is 18.2 Å². The molecule has 1 aliphatic heterocycles. The van der Waals surface area contributed by atoms with Gasteiger partial charge in [-0.05, 0) is 34.0 Å². The summed E-state index contributed by atoms with van der Waals surface area (Å²) in [4.78, 5) is 10.6. The first-order valence-electron chi connectivity index (χ1n) is 5.64. The van der Waals surface area contributed by atoms with Gasteiger partial charge in [0.2, 0.25) is 5.95 Å². The number of hydrogen-bond acceptors (Lipinski definition) is 5. The Morgan fingerprint density at radius 1 is 1.33 bits per heavy atom. The Morgan fingerprint density at radius 2 is 2.17 bits per heavy atom. The number of rotatable bonds is 2. The molecule has 1 aliphatic rings. The van der Waals surface area contributed by atoms with E-state index < -0.39 is 0 Å². The minimum absolute atomic E-state index is 0.414. The molecule has 2 aromatic rings. The van der Waals surface area contributed by atoms with Gasteiger partial charge in [0, 0.05) is 18.4 Å². The molecule has 0 spiro atoms. The first-order chi connectivity index (χ1) is 8.79. The van der Waals surface area contributed by atoms with Crippen molar-refractivity contribution in [3.63, 3.8) is 0 Å². The van der Waals surface area contributed by atoms with E-state index in [0.717, 1.165) is 23.3 Å². The summed E-state index contributed by atoms with van der Waals surface area (Å²) in [5.41, 5.74) is 5.00. The Morgan fingerprint density at radius 3 is 3.00 bits per heavy atom. The molecule has 2 heterocycles. The van der Waals surface area contributed by atoms with Gasteiger partial charge in [-0.15, -0.1) is 0 Å². The molecule has 18 heavy (non-hydrogen) atoms. The summed E-state index contributed by atoms with van der Waals surface area (Å²) in [6.07, 6.45) is 2.73. The topological polar surface area (TPSA) is 67.1 Å². The van der Waals surface area contributed by atoms with Crippen LogP contribution in [0.5, 0.6) is 0 Å². The predicted molar refractivity (Wildman–Crippen MR) is 74.7 cm³/mol. The van der Waals surface area contributed by atoms with E-state index in [1.165, 1.54) is 11.3 Å². The van der Waals surface area contributed by atoms with E-state index in [2.05, 4.69) is 54.4 Å². The lowest BCUT2D eigenvalue weighted by Crippen LogP contribution is -2.18. The summed E-state index contributed by atoms with van der Waals surface area (Å²) in [5.74, 6) is 6.60. The van der Waals surface area contributed by atoms with Crippen LogP contribution in [0.15, 0.2) is 34.9 Å². The van der Waals surface area contributed by atoms with Crippen molar-refractivity contribution in [2.45, 2.75) is 6.42 Å². The minimum atomic E-state index is 0.414. The summed E-state index contributed by atoms with van der Waals surface area (Å²) in [7, 11) is 0. The lowest BCUT2D eigenvalue weighted by Gasteiger charge is -2.19. The molecular formula is C12H12BrN5. The second-order valence-electron chi connectivity index (χ2n) is 4.04. The van der Waals surface area contributed by atoms with Crippen LogP contribution in [0, 0.1) is 0 Å². The van der Waals surface area contributed by atoms with E-state index >= 15 is 0 Å². The third-order valence-corrected chi connectivity index (χ3v) is 3.56. The lowest BCUT2D eigenvalue weighted by atomic mass is 10.2. The molecule has 0 saturated carbocycles. The van der Waals surface area contributed by atoms with Gasteiger partial charge in [0.05, 0.1) is 4.47 Å². The largest absolute Gasteiger partial charge is 0.325 e. The van der Waals surface area contributed by atoms with E-state index in [0.29, 0.717) is 5.95 Å². The van der Waals surface area contributed by atoms with E-state index in [9.17, 15) is 0 Å². The monoisotopic (exact) mass is 305 g/mol. The second kappa shape index (κ2) is 4.55. The van der Waals surface area contributed by atoms with Crippen molar-refractivity contribution in [3.8, 4) is 0 Å². The Bertz CT molecular complexity index is 586. The van der Waals surface area contributed by atoms with Crippen LogP contribution in [-0.4, -0.2) is 16.5 Å². The molecule has 0 saturated heterocycles. The number of benzene rings is 1. The van der Waals surface area contributed by atoms with Crippen LogP contribution in [0.25, 0.3) is 0 Å². The van der Waals surface area contributed by atoms with Gasteiger partial charge >= 0.3 is 0 Å². The van der Waals surface area contributed by atoms with Crippen LogP contribution >= 0.6 is 15.9 Å². The summed E-state index contributed by atoms with van der Waals surface area (Å²) in [5, 5.41) is 0. The maximum atomic E-state index is 5.35. The maximum absolute atomic E-state index is 5.35. The van der Waals surface area contributed by atoms with E-state index in [-0.39, 0.29) is 0 Å². The van der Waals surface area contributed by atoms with Crippen molar-refractivity contribution in [1.82, 2.24) is 9.97 Å². The molecule has 92 valence electrons. The molecule has 0 atom stereocenters. The summed E-state index contributed by atoms with van der Waals surface area (Å²) >= 11 is 3.49. The number of hydrazine groups is 1. The minimum Gasteiger partial charge on any atom is -0.325 e. The fourth-order valence-electron chi connectivity index (χ4n) is 2.18. The van der Waals surface area contributed by atoms with Crippen molar-refractivity contribution in [3.05, 3.63) is 40.5 Å². The standard InChI is InChI=1S/C12H12BrN5/c13-9-7-15-12(17-14)16-11(9)18-6-5-8-3-1-2-4-10(8)18/h1-4,7H,5-6,14H2,(H,15,16,17). The van der Waals surface area contributed by atoms with Gasteiger partial charge in [-0.3, -0.25) is 5.43 Å². The summed E-state index contributed by atoms with van der Waals surface area (Å²) in [6.45, 7) is 0.916. The smallest absolute Gasteiger partial charge is 0.239 e. The number of anilines is 3. The number of fused-ring (bicyclic) bond motifs is 1. The van der Waals surface area contributed by atoms with Crippen LogP contribution in [0.1, 0.15) is 5.56 Å². The fraction of sp³-hybridized carbons (Fsp3) is 0.167. The summed E-state index contributed by atoms with van der Waals surface area (Å²) < 4.78 is 0.859. The molecule has 0 radical (unpaired) electrons. The zero-order valence-corrected chi connectivity index (χ0v) is 11.2. The van der Waals surface area contributed by atoms with E-state index in [1.54, 1.807) is 6.20 Å². The highest BCUT2D eigenvalue weighted by atomic mass is 79.9. The van der Waals surface area contributed by atoms with Crippen LogP contribution in [0.4, 0.5) is 17.5 Å². The Balaban J connectivity index is 2.07. The molecule has 0 amide bonds. The molecule has 5 nitrogen and oxygen atoms in total. The van der Waals surface area contributed by atoms with Gasteiger partial charge in [-0.25, -0.2) is 10.8 Å². The normalized spacial score (nSPS) is 13.6. The predicted octanol–water partition coefficient (Wildman–Crippen LogP) is 2.22. The number of hydrogen-bond donors (Lipinski definition) is 2. The van der Waals surface area contributed by atoms with Gasteiger partial charge in [0.15, 0.2) is 5.82 Å². The number of halogens is 1. The molecule has 0 aliphatic carbocycles. The number of aromatic nitrogens is 2. The highest BCUT2D eigenvalue weighted by Gasteiger charge is 2.23. The third-order valence-electron chi connectivity index (χ3n) is 3.00. The van der Waals surface area contributed by atoms with Crippen LogP contribution in [-0.2, 0) is 6.42 Å². The third kappa shape index (κ3) is 1.83.